The number of hydrogen-bond acceptors (Lipinski definition) is 3. The molecule has 0 unspecified atom stereocenters. The zero-order chi connectivity index (χ0) is 10.7. The fourth-order valence-corrected chi connectivity index (χ4v) is 0. The fourth-order valence-electron chi connectivity index (χ4n) is 0. The van der Waals surface area contributed by atoms with Gasteiger partial charge in [0.05, 0.1) is 0 Å². The van der Waals surface area contributed by atoms with Crippen LogP contribution >= 0.6 is 0 Å². The number of halogens is 3. The van der Waals surface area contributed by atoms with E-state index in [4.69, 9.17) is 0 Å². The smallest absolute Gasteiger partial charge is 0 e. The summed E-state index contributed by atoms with van der Waals surface area (Å²) in [6.45, 7) is 9.67. The van der Waals surface area contributed by atoms with E-state index in [9.17, 15) is 15.3 Å². The number of rotatable bonds is 0. The molecule has 0 heterocycles. The molecule has 0 aliphatic carbocycles. The Kier molecular flexibility index (Phi) is 97.2. The van der Waals surface area contributed by atoms with Gasteiger partial charge in [-0.15, -0.1) is 18.3 Å². The minimum atomic E-state index is -0.417. The molecule has 0 aromatic carbocycles. The predicted octanol–water partition coefficient (Wildman–Crippen LogP) is -9.73. The van der Waals surface area contributed by atoms with Gasteiger partial charge in [-0.3, -0.25) is 0 Å². The molecule has 16 heavy (non-hydrogen) atoms. The normalized spacial score (nSPS) is 6.75. The van der Waals surface area contributed by atoms with Crippen molar-refractivity contribution in [2.24, 2.45) is 0 Å². The van der Waals surface area contributed by atoms with E-state index < -0.39 is 18.3 Å². The average molecular weight is 380 g/mol. The molecule has 0 saturated carbocycles. The van der Waals surface area contributed by atoms with Crippen LogP contribution in [0.4, 0.5) is 0 Å². The van der Waals surface area contributed by atoms with Crippen LogP contribution in [0.2, 0.25) is 0 Å². The maximum Gasteiger partial charge on any atom is 0 e. The van der Waals surface area contributed by atoms with Crippen LogP contribution < -0.4 is 52.5 Å². The molecule has 7 heteroatoms. The summed E-state index contributed by atoms with van der Waals surface area (Å²) in [4.78, 5) is 0. The van der Waals surface area contributed by atoms with Gasteiger partial charge >= 0.3 is 0 Å². The van der Waals surface area contributed by atoms with Crippen LogP contribution in [0.25, 0.3) is 0 Å². The average Bonchev–Trinajstić information content (AvgIpc) is 1.54. The molecule has 108 valence electrons. The summed E-state index contributed by atoms with van der Waals surface area (Å²) in [6, 6.07) is 0. The molecule has 0 bridgehead atoms. The Morgan fingerprint density at radius 1 is 0.500 bits per heavy atom. The molecule has 0 amide bonds. The van der Waals surface area contributed by atoms with Gasteiger partial charge in [-0.05, 0) is 0 Å². The Morgan fingerprint density at radius 3 is 0.500 bits per heavy atom. The minimum Gasteiger partial charge on any atom is -1.00 e. The van der Waals surface area contributed by atoms with Crippen molar-refractivity contribution in [3.63, 3.8) is 0 Å². The van der Waals surface area contributed by atoms with E-state index in [-0.39, 0.29) is 58.3 Å². The quantitative estimate of drug-likeness (QED) is 0.393. The topological polar surface area (TPSA) is 69.2 Å². The molecular weight excluding hydrogens is 358 g/mol. The van der Waals surface area contributed by atoms with E-state index in [0.29, 0.717) is 0 Å². The van der Waals surface area contributed by atoms with Crippen molar-refractivity contribution in [3.8, 4) is 0 Å². The van der Waals surface area contributed by atoms with Gasteiger partial charge in [0.2, 0.25) is 0 Å². The molecule has 3 nitrogen and oxygen atoms in total. The first-order valence-corrected chi connectivity index (χ1v) is 4.17. The molecule has 0 spiro atoms. The maximum atomic E-state index is 9.53. The summed E-state index contributed by atoms with van der Waals surface area (Å²) >= 11 is 0. The standard InChI is InChI=1S/3C3H7O.3ClH.Mo/c3*1-3(2)4;;;;/h3*3H,1-2H3;3*1H;/q3*-1;;;;/p-3. The Labute approximate surface area is 133 Å². The molecular formula is C9H21Cl3MoO3-6. The van der Waals surface area contributed by atoms with Gasteiger partial charge in [-0.2, -0.15) is 0 Å². The maximum absolute atomic E-state index is 9.53. The van der Waals surface area contributed by atoms with Crippen molar-refractivity contribution in [1.82, 2.24) is 0 Å². The Balaban J connectivity index is -0.0000000135. The van der Waals surface area contributed by atoms with Crippen LogP contribution in [0.15, 0.2) is 0 Å². The van der Waals surface area contributed by atoms with E-state index in [2.05, 4.69) is 0 Å². The third-order valence-electron chi connectivity index (χ3n) is 0. The van der Waals surface area contributed by atoms with Gasteiger partial charge in [0.1, 0.15) is 0 Å². The van der Waals surface area contributed by atoms with E-state index in [1.54, 1.807) is 41.5 Å². The van der Waals surface area contributed by atoms with Crippen molar-refractivity contribution in [2.75, 3.05) is 0 Å². The first kappa shape index (κ1) is 43.2. The van der Waals surface area contributed by atoms with Gasteiger partial charge in [-0.25, -0.2) is 0 Å². The van der Waals surface area contributed by atoms with Crippen LogP contribution in [0, 0.1) is 0 Å². The molecule has 0 aliphatic heterocycles. The second-order valence-corrected chi connectivity index (χ2v) is 3.15. The summed E-state index contributed by atoms with van der Waals surface area (Å²) in [6.07, 6.45) is -1.25. The first-order chi connectivity index (χ1) is 5.20. The summed E-state index contributed by atoms with van der Waals surface area (Å²) in [5, 5.41) is 28.6. The minimum absolute atomic E-state index is 0. The van der Waals surface area contributed by atoms with E-state index in [0.717, 1.165) is 0 Å². The van der Waals surface area contributed by atoms with Crippen molar-refractivity contribution < 1.29 is 73.6 Å². The van der Waals surface area contributed by atoms with Crippen molar-refractivity contribution >= 4 is 0 Å². The van der Waals surface area contributed by atoms with E-state index in [1.807, 2.05) is 0 Å². The summed E-state index contributed by atoms with van der Waals surface area (Å²) in [7, 11) is 0. The second-order valence-electron chi connectivity index (χ2n) is 3.15. The zero-order valence-corrected chi connectivity index (χ0v) is 14.8. The molecule has 0 N–H and O–H groups in total. The van der Waals surface area contributed by atoms with Gasteiger partial charge in [0.25, 0.3) is 0 Å². The van der Waals surface area contributed by atoms with Gasteiger partial charge in [-0.1, -0.05) is 41.5 Å². The van der Waals surface area contributed by atoms with E-state index >= 15 is 0 Å². The van der Waals surface area contributed by atoms with Gasteiger partial charge < -0.3 is 52.5 Å². The SMILES string of the molecule is CC(C)[O-].CC(C)[O-].CC(C)[O-].[Cl-].[Cl-].[Cl-].[Mo]. The molecule has 0 aromatic rings. The monoisotopic (exact) mass is 380 g/mol. The van der Waals surface area contributed by atoms with E-state index in [1.165, 1.54) is 0 Å². The Bertz CT molecular complexity index is 54.5. The molecule has 0 atom stereocenters. The van der Waals surface area contributed by atoms with Crippen LogP contribution in [0.3, 0.4) is 0 Å². The summed E-state index contributed by atoms with van der Waals surface area (Å²) < 4.78 is 0. The molecule has 0 aliphatic rings. The third-order valence-corrected chi connectivity index (χ3v) is 0. The Hall–Kier alpha value is 1.44. The Morgan fingerprint density at radius 2 is 0.500 bits per heavy atom. The largest absolute Gasteiger partial charge is 1.00 e. The van der Waals surface area contributed by atoms with Crippen LogP contribution in [0.5, 0.6) is 0 Å². The second kappa shape index (κ2) is 36.0. The molecule has 0 fully saturated rings. The van der Waals surface area contributed by atoms with Crippen molar-refractivity contribution in [3.05, 3.63) is 0 Å². The van der Waals surface area contributed by atoms with Crippen LogP contribution in [-0.2, 0) is 21.1 Å². The fraction of sp³-hybridized carbons (Fsp3) is 1.00. The molecule has 0 aromatic heterocycles. The van der Waals surface area contributed by atoms with Gasteiger partial charge in [0, 0.05) is 21.1 Å². The molecule has 0 rings (SSSR count). The first-order valence-electron chi connectivity index (χ1n) is 4.17. The number of hydrogen-bond donors (Lipinski definition) is 0. The van der Waals surface area contributed by atoms with Crippen molar-refractivity contribution in [2.45, 2.75) is 59.9 Å². The zero-order valence-electron chi connectivity index (χ0n) is 10.5. The molecule has 0 radical (unpaired) electrons. The molecule has 0 saturated heterocycles. The van der Waals surface area contributed by atoms with Crippen LogP contribution in [0.1, 0.15) is 41.5 Å². The predicted molar refractivity (Wildman–Crippen MR) is 45.4 cm³/mol. The third kappa shape index (κ3) is 1560. The summed E-state index contributed by atoms with van der Waals surface area (Å²) in [5.41, 5.74) is 0. The van der Waals surface area contributed by atoms with Crippen molar-refractivity contribution in [1.29, 1.82) is 0 Å². The van der Waals surface area contributed by atoms with Crippen LogP contribution in [-0.4, -0.2) is 18.3 Å². The summed E-state index contributed by atoms with van der Waals surface area (Å²) in [5.74, 6) is 0. The van der Waals surface area contributed by atoms with Gasteiger partial charge in [0.15, 0.2) is 0 Å².